The number of carbonyl (C=O) groups is 2. The van der Waals surface area contributed by atoms with E-state index >= 15 is 0 Å². The molecule has 1 aromatic heterocycles. The zero-order chi connectivity index (χ0) is 26.4. The van der Waals surface area contributed by atoms with Gasteiger partial charge >= 0.3 is 5.91 Å². The molecule has 1 N–H and O–H groups in total. The summed E-state index contributed by atoms with van der Waals surface area (Å²) in [4.78, 5) is 32.9. The fraction of sp³-hybridized carbons (Fsp3) is 0.179. The molecule has 8 nitrogen and oxygen atoms in total. The van der Waals surface area contributed by atoms with Gasteiger partial charge in [-0.05, 0) is 61.0 Å². The summed E-state index contributed by atoms with van der Waals surface area (Å²) in [5.74, 6) is -0.268. The van der Waals surface area contributed by atoms with Crippen molar-refractivity contribution in [1.82, 2.24) is 4.98 Å². The highest BCUT2D eigenvalue weighted by molar-refractivity contribution is 7.22. The molecule has 192 valence electrons. The largest absolute Gasteiger partial charge is 0.507 e. The number of hydrogen-bond acceptors (Lipinski definition) is 8. The van der Waals surface area contributed by atoms with Crippen molar-refractivity contribution in [2.45, 2.75) is 13.0 Å². The Bertz CT molecular complexity index is 1630. The van der Waals surface area contributed by atoms with Crippen LogP contribution in [0, 0.1) is 0 Å². The van der Waals surface area contributed by atoms with Gasteiger partial charge in [0.2, 0.25) is 0 Å². The minimum atomic E-state index is -0.950. The van der Waals surface area contributed by atoms with Crippen molar-refractivity contribution >= 4 is 55.7 Å². The van der Waals surface area contributed by atoms with Crippen LogP contribution in [0.15, 0.2) is 66.2 Å². The van der Waals surface area contributed by atoms with Crippen LogP contribution in [0.5, 0.6) is 17.2 Å². The monoisotopic (exact) mass is 548 g/mol. The van der Waals surface area contributed by atoms with Gasteiger partial charge in [0.25, 0.3) is 5.78 Å². The van der Waals surface area contributed by atoms with E-state index in [-0.39, 0.29) is 11.3 Å². The number of carbonyl (C=O) groups excluding carboxylic acids is 2. The average Bonchev–Trinajstić information content (AvgIpc) is 3.46. The van der Waals surface area contributed by atoms with E-state index in [0.29, 0.717) is 63.9 Å². The number of rotatable bonds is 5. The molecule has 0 bridgehead atoms. The summed E-state index contributed by atoms with van der Waals surface area (Å²) in [5.41, 5.74) is 1.48. The third kappa shape index (κ3) is 4.13. The molecule has 2 aliphatic heterocycles. The van der Waals surface area contributed by atoms with Crippen LogP contribution in [-0.2, 0) is 9.59 Å². The molecule has 1 fully saturated rings. The minimum absolute atomic E-state index is 0.0665. The second-order valence-corrected chi connectivity index (χ2v) is 10.1. The summed E-state index contributed by atoms with van der Waals surface area (Å²) in [6, 6.07) is 16.2. The van der Waals surface area contributed by atoms with Crippen LogP contribution in [0.4, 0.5) is 5.13 Å². The topological polar surface area (TPSA) is 98.2 Å². The van der Waals surface area contributed by atoms with Gasteiger partial charge in [-0.2, -0.15) is 0 Å². The van der Waals surface area contributed by atoms with Crippen molar-refractivity contribution < 1.29 is 28.9 Å². The molecule has 10 heteroatoms. The van der Waals surface area contributed by atoms with Gasteiger partial charge in [-0.15, -0.1) is 0 Å². The molecule has 1 amide bonds. The SMILES string of the molecule is CCOc1ccc2nc(N3C(=O)C(=O)C(=C(O)c4ccc5c(c4)OCCO5)[C@@H]3c3cccc(Cl)c3)sc2c1. The zero-order valence-corrected chi connectivity index (χ0v) is 21.7. The van der Waals surface area contributed by atoms with E-state index in [1.807, 2.05) is 13.0 Å². The Labute approximate surface area is 226 Å². The lowest BCUT2D eigenvalue weighted by atomic mass is 9.95. The fourth-order valence-electron chi connectivity index (χ4n) is 4.62. The third-order valence-electron chi connectivity index (χ3n) is 6.29. The molecule has 0 spiro atoms. The average molecular weight is 549 g/mol. The standard InChI is InChI=1S/C28H21ClN2O6S/c1-2-35-18-7-8-19-22(14-18)38-28(30-19)31-24(15-4-3-5-17(29)12-15)23(26(33)27(31)34)25(32)16-6-9-20-21(13-16)37-11-10-36-20/h3-9,12-14,24,32H,2,10-11H2,1H3/t24-/m0/s1. The lowest BCUT2D eigenvalue weighted by Gasteiger charge is -2.23. The first-order valence-corrected chi connectivity index (χ1v) is 13.1. The van der Waals surface area contributed by atoms with Crippen LogP contribution in [0.1, 0.15) is 24.1 Å². The van der Waals surface area contributed by atoms with Gasteiger partial charge in [0, 0.05) is 10.6 Å². The number of aliphatic hydroxyl groups excluding tert-OH is 1. The zero-order valence-electron chi connectivity index (χ0n) is 20.1. The van der Waals surface area contributed by atoms with Gasteiger partial charge in [-0.25, -0.2) is 4.98 Å². The van der Waals surface area contributed by atoms with Crippen molar-refractivity contribution in [3.63, 3.8) is 0 Å². The third-order valence-corrected chi connectivity index (χ3v) is 7.54. The summed E-state index contributed by atoms with van der Waals surface area (Å²) < 4.78 is 17.6. The van der Waals surface area contributed by atoms with Crippen molar-refractivity contribution in [3.8, 4) is 17.2 Å². The molecular weight excluding hydrogens is 528 g/mol. The molecule has 1 atom stereocenters. The summed E-state index contributed by atoms with van der Waals surface area (Å²) in [5, 5.41) is 12.2. The van der Waals surface area contributed by atoms with Crippen molar-refractivity contribution in [2.75, 3.05) is 24.7 Å². The van der Waals surface area contributed by atoms with Gasteiger partial charge in [-0.3, -0.25) is 14.5 Å². The molecule has 6 rings (SSSR count). The van der Waals surface area contributed by atoms with Crippen LogP contribution >= 0.6 is 22.9 Å². The van der Waals surface area contributed by atoms with E-state index in [2.05, 4.69) is 4.98 Å². The number of ketones is 1. The van der Waals surface area contributed by atoms with Gasteiger partial charge in [0.15, 0.2) is 16.6 Å². The molecule has 4 aromatic rings. The van der Waals surface area contributed by atoms with Gasteiger partial charge < -0.3 is 19.3 Å². The predicted molar refractivity (Wildman–Crippen MR) is 144 cm³/mol. The highest BCUT2D eigenvalue weighted by Gasteiger charge is 2.48. The van der Waals surface area contributed by atoms with E-state index in [4.69, 9.17) is 25.8 Å². The summed E-state index contributed by atoms with van der Waals surface area (Å²) in [6.45, 7) is 3.20. The van der Waals surface area contributed by atoms with Crippen LogP contribution in [-0.4, -0.2) is 41.6 Å². The molecule has 3 aromatic carbocycles. The molecule has 0 aliphatic carbocycles. The highest BCUT2D eigenvalue weighted by Crippen LogP contribution is 2.45. The van der Waals surface area contributed by atoms with Crippen LogP contribution in [0.3, 0.4) is 0 Å². The molecule has 2 aliphatic rings. The Balaban J connectivity index is 1.51. The molecule has 0 saturated carbocycles. The smallest absolute Gasteiger partial charge is 0.301 e. The number of halogens is 1. The number of hydrogen-bond donors (Lipinski definition) is 1. The number of aromatic nitrogens is 1. The summed E-state index contributed by atoms with van der Waals surface area (Å²) >= 11 is 7.56. The summed E-state index contributed by atoms with van der Waals surface area (Å²) in [6.07, 6.45) is 0. The maximum Gasteiger partial charge on any atom is 0.301 e. The van der Waals surface area contributed by atoms with Gasteiger partial charge in [-0.1, -0.05) is 35.1 Å². The number of benzene rings is 3. The van der Waals surface area contributed by atoms with E-state index in [0.717, 1.165) is 4.70 Å². The van der Waals surface area contributed by atoms with Crippen LogP contribution in [0.2, 0.25) is 5.02 Å². The molecule has 0 radical (unpaired) electrons. The second-order valence-electron chi connectivity index (χ2n) is 8.64. The molecule has 1 saturated heterocycles. The van der Waals surface area contributed by atoms with Crippen LogP contribution < -0.4 is 19.1 Å². The minimum Gasteiger partial charge on any atom is -0.507 e. The number of anilines is 1. The van der Waals surface area contributed by atoms with E-state index in [1.165, 1.54) is 16.2 Å². The number of fused-ring (bicyclic) bond motifs is 2. The van der Waals surface area contributed by atoms with E-state index < -0.39 is 17.7 Å². The molecular formula is C28H21ClN2O6S. The first-order valence-electron chi connectivity index (χ1n) is 11.9. The Morgan fingerprint density at radius 3 is 2.71 bits per heavy atom. The Morgan fingerprint density at radius 2 is 1.92 bits per heavy atom. The molecule has 3 heterocycles. The summed E-state index contributed by atoms with van der Waals surface area (Å²) in [7, 11) is 0. The first kappa shape index (κ1) is 24.3. The highest BCUT2D eigenvalue weighted by atomic mass is 35.5. The Morgan fingerprint density at radius 1 is 1.11 bits per heavy atom. The number of nitrogens with zero attached hydrogens (tertiary/aromatic N) is 2. The van der Waals surface area contributed by atoms with Gasteiger partial charge in [0.1, 0.15) is 24.7 Å². The van der Waals surface area contributed by atoms with Gasteiger partial charge in [0.05, 0.1) is 28.4 Å². The van der Waals surface area contributed by atoms with Crippen LogP contribution in [0.25, 0.3) is 16.0 Å². The molecule has 0 unspecified atom stereocenters. The lowest BCUT2D eigenvalue weighted by Crippen LogP contribution is -2.29. The number of Topliss-reactive ketones (excluding diaryl/α,β-unsaturated/α-hetero) is 1. The quantitative estimate of drug-likeness (QED) is 0.193. The van der Waals surface area contributed by atoms with Crippen molar-refractivity contribution in [1.29, 1.82) is 0 Å². The number of ether oxygens (including phenoxy) is 3. The van der Waals surface area contributed by atoms with Crippen molar-refractivity contribution in [3.05, 3.63) is 82.4 Å². The lowest BCUT2D eigenvalue weighted by molar-refractivity contribution is -0.132. The number of thiazole rings is 1. The predicted octanol–water partition coefficient (Wildman–Crippen LogP) is 5.75. The first-order chi connectivity index (χ1) is 18.4. The number of aliphatic hydroxyl groups is 1. The fourth-order valence-corrected chi connectivity index (χ4v) is 5.84. The van der Waals surface area contributed by atoms with Crippen molar-refractivity contribution in [2.24, 2.45) is 0 Å². The number of amides is 1. The van der Waals surface area contributed by atoms with E-state index in [1.54, 1.807) is 54.6 Å². The Kier molecular flexibility index (Phi) is 6.17. The Hall–Kier alpha value is -4.08. The second kappa shape index (κ2) is 9.66. The molecule has 38 heavy (non-hydrogen) atoms. The normalized spacial score (nSPS) is 18.3. The maximum atomic E-state index is 13.5. The maximum absolute atomic E-state index is 13.5. The van der Waals surface area contributed by atoms with E-state index in [9.17, 15) is 14.7 Å².